The van der Waals surface area contributed by atoms with Crippen LogP contribution in [-0.2, 0) is 14.3 Å². The van der Waals surface area contributed by atoms with Gasteiger partial charge in [-0.3, -0.25) is 4.79 Å². The van der Waals surface area contributed by atoms with Gasteiger partial charge in [0.1, 0.15) is 5.78 Å². The van der Waals surface area contributed by atoms with E-state index in [4.69, 9.17) is 9.47 Å². The average molecular weight is 228 g/mol. The third kappa shape index (κ3) is 5.08. The largest absolute Gasteiger partial charge is 0.353 e. The fourth-order valence-electron chi connectivity index (χ4n) is 2.32. The van der Waals surface area contributed by atoms with Crippen LogP contribution in [0.1, 0.15) is 52.4 Å². The second kappa shape index (κ2) is 7.80. The monoisotopic (exact) mass is 228 g/mol. The molecule has 1 fully saturated rings. The molecular formula is C13H24O3. The normalized spacial score (nSPS) is 21.7. The van der Waals surface area contributed by atoms with Crippen LogP contribution in [0.25, 0.3) is 0 Å². The molecule has 1 unspecified atom stereocenters. The molecule has 0 amide bonds. The van der Waals surface area contributed by atoms with Crippen molar-refractivity contribution in [3.8, 4) is 0 Å². The Kier molecular flexibility index (Phi) is 6.65. The number of rotatable bonds is 7. The summed E-state index contributed by atoms with van der Waals surface area (Å²) in [7, 11) is 0. The van der Waals surface area contributed by atoms with E-state index in [9.17, 15) is 4.79 Å². The van der Waals surface area contributed by atoms with Gasteiger partial charge in [0.05, 0.1) is 0 Å². The number of hydrogen-bond acceptors (Lipinski definition) is 3. The first-order valence-electron chi connectivity index (χ1n) is 6.51. The van der Waals surface area contributed by atoms with Gasteiger partial charge in [-0.05, 0) is 45.4 Å². The van der Waals surface area contributed by atoms with Crippen LogP contribution >= 0.6 is 0 Å². The molecule has 1 atom stereocenters. The van der Waals surface area contributed by atoms with Gasteiger partial charge in [0.15, 0.2) is 6.29 Å². The Bertz CT molecular complexity index is 197. The lowest BCUT2D eigenvalue weighted by atomic mass is 9.85. The molecule has 0 saturated heterocycles. The van der Waals surface area contributed by atoms with Crippen molar-refractivity contribution in [3.05, 3.63) is 0 Å². The zero-order chi connectivity index (χ0) is 11.8. The summed E-state index contributed by atoms with van der Waals surface area (Å²) in [4.78, 5) is 11.3. The molecule has 1 aliphatic carbocycles. The molecule has 0 aliphatic heterocycles. The van der Waals surface area contributed by atoms with E-state index in [0.717, 1.165) is 32.1 Å². The fraction of sp³-hybridized carbons (Fsp3) is 0.923. The molecule has 1 saturated carbocycles. The molecule has 3 nitrogen and oxygen atoms in total. The summed E-state index contributed by atoms with van der Waals surface area (Å²) in [6.07, 6.45) is 5.71. The molecule has 1 rings (SSSR count). The fourth-order valence-corrected chi connectivity index (χ4v) is 2.32. The molecule has 16 heavy (non-hydrogen) atoms. The number of Topliss-reactive ketones (excluding diaryl/α,β-unsaturated/α-hetero) is 1. The Balaban J connectivity index is 2.22. The Morgan fingerprint density at radius 3 is 2.56 bits per heavy atom. The van der Waals surface area contributed by atoms with Gasteiger partial charge >= 0.3 is 0 Å². The van der Waals surface area contributed by atoms with E-state index in [-0.39, 0.29) is 6.29 Å². The van der Waals surface area contributed by atoms with Crippen molar-refractivity contribution in [2.24, 2.45) is 5.92 Å². The van der Waals surface area contributed by atoms with Crippen LogP contribution in [-0.4, -0.2) is 25.3 Å². The molecule has 1 aliphatic rings. The van der Waals surface area contributed by atoms with Crippen molar-refractivity contribution >= 4 is 5.78 Å². The average Bonchev–Trinajstić information content (AvgIpc) is 2.27. The molecule has 0 bridgehead atoms. The number of carbonyl (C=O) groups is 1. The summed E-state index contributed by atoms with van der Waals surface area (Å²) >= 11 is 0. The maximum atomic E-state index is 11.3. The highest BCUT2D eigenvalue weighted by Crippen LogP contribution is 2.26. The van der Waals surface area contributed by atoms with Crippen LogP contribution < -0.4 is 0 Å². The minimum absolute atomic E-state index is 0.0768. The summed E-state index contributed by atoms with van der Waals surface area (Å²) < 4.78 is 11.0. The summed E-state index contributed by atoms with van der Waals surface area (Å²) in [5.41, 5.74) is 0. The van der Waals surface area contributed by atoms with Gasteiger partial charge in [-0.25, -0.2) is 0 Å². The molecule has 0 aromatic heterocycles. The highest BCUT2D eigenvalue weighted by Gasteiger charge is 2.20. The lowest BCUT2D eigenvalue weighted by Gasteiger charge is -2.23. The Hall–Kier alpha value is -0.410. The van der Waals surface area contributed by atoms with Gasteiger partial charge in [0.2, 0.25) is 0 Å². The molecule has 0 spiro atoms. The Morgan fingerprint density at radius 2 is 2.00 bits per heavy atom. The highest BCUT2D eigenvalue weighted by atomic mass is 16.7. The van der Waals surface area contributed by atoms with E-state index in [1.807, 2.05) is 13.8 Å². The Morgan fingerprint density at radius 1 is 1.31 bits per heavy atom. The third-order valence-corrected chi connectivity index (χ3v) is 3.10. The van der Waals surface area contributed by atoms with Crippen molar-refractivity contribution in [1.82, 2.24) is 0 Å². The standard InChI is InChI=1S/C13H24O3/c1-3-15-13(16-4-2)9-8-11-6-5-7-12(14)10-11/h11,13H,3-10H2,1-2H3. The van der Waals surface area contributed by atoms with Crippen LogP contribution in [0.4, 0.5) is 0 Å². The first-order chi connectivity index (χ1) is 7.76. The van der Waals surface area contributed by atoms with Gasteiger partial charge < -0.3 is 9.47 Å². The lowest BCUT2D eigenvalue weighted by Crippen LogP contribution is -2.21. The minimum atomic E-state index is -0.0768. The van der Waals surface area contributed by atoms with Crippen LogP contribution in [0, 0.1) is 5.92 Å². The number of ketones is 1. The van der Waals surface area contributed by atoms with E-state index in [0.29, 0.717) is 24.9 Å². The van der Waals surface area contributed by atoms with Crippen LogP contribution in [0.5, 0.6) is 0 Å². The topological polar surface area (TPSA) is 35.5 Å². The predicted octanol–water partition coefficient (Wildman–Crippen LogP) is 2.93. The molecule has 0 N–H and O–H groups in total. The summed E-state index contributed by atoms with van der Waals surface area (Å²) in [5, 5.41) is 0. The van der Waals surface area contributed by atoms with E-state index in [1.54, 1.807) is 0 Å². The number of hydrogen-bond donors (Lipinski definition) is 0. The molecule has 0 aromatic rings. The number of ether oxygens (including phenoxy) is 2. The van der Waals surface area contributed by atoms with Crippen LogP contribution in [0.15, 0.2) is 0 Å². The smallest absolute Gasteiger partial charge is 0.157 e. The molecule has 0 heterocycles. The van der Waals surface area contributed by atoms with Gasteiger partial charge in [0, 0.05) is 26.1 Å². The first kappa shape index (κ1) is 13.7. The second-order valence-corrected chi connectivity index (χ2v) is 4.42. The van der Waals surface area contributed by atoms with E-state index in [2.05, 4.69) is 0 Å². The number of carbonyl (C=O) groups excluding carboxylic acids is 1. The zero-order valence-corrected chi connectivity index (χ0v) is 10.5. The molecule has 94 valence electrons. The van der Waals surface area contributed by atoms with Crippen molar-refractivity contribution in [2.75, 3.05) is 13.2 Å². The van der Waals surface area contributed by atoms with Gasteiger partial charge in [-0.1, -0.05) is 0 Å². The highest BCUT2D eigenvalue weighted by molar-refractivity contribution is 5.79. The maximum absolute atomic E-state index is 11.3. The second-order valence-electron chi connectivity index (χ2n) is 4.42. The van der Waals surface area contributed by atoms with Crippen molar-refractivity contribution < 1.29 is 14.3 Å². The summed E-state index contributed by atoms with van der Waals surface area (Å²) in [6.45, 7) is 5.34. The third-order valence-electron chi connectivity index (χ3n) is 3.10. The molecular weight excluding hydrogens is 204 g/mol. The minimum Gasteiger partial charge on any atom is -0.353 e. The molecule has 3 heteroatoms. The van der Waals surface area contributed by atoms with E-state index < -0.39 is 0 Å². The Labute approximate surface area is 98.5 Å². The maximum Gasteiger partial charge on any atom is 0.157 e. The van der Waals surface area contributed by atoms with E-state index >= 15 is 0 Å². The van der Waals surface area contributed by atoms with E-state index in [1.165, 1.54) is 6.42 Å². The van der Waals surface area contributed by atoms with Crippen molar-refractivity contribution in [3.63, 3.8) is 0 Å². The lowest BCUT2D eigenvalue weighted by molar-refractivity contribution is -0.142. The SMILES string of the molecule is CCOC(CCC1CCCC(=O)C1)OCC. The first-order valence-corrected chi connectivity index (χ1v) is 6.51. The quantitative estimate of drug-likeness (QED) is 0.628. The summed E-state index contributed by atoms with van der Waals surface area (Å²) in [5.74, 6) is 0.991. The van der Waals surface area contributed by atoms with Gasteiger partial charge in [-0.2, -0.15) is 0 Å². The van der Waals surface area contributed by atoms with Crippen LogP contribution in [0.2, 0.25) is 0 Å². The van der Waals surface area contributed by atoms with Crippen molar-refractivity contribution in [1.29, 1.82) is 0 Å². The van der Waals surface area contributed by atoms with Gasteiger partial charge in [0.25, 0.3) is 0 Å². The molecule has 0 radical (unpaired) electrons. The zero-order valence-electron chi connectivity index (χ0n) is 10.5. The van der Waals surface area contributed by atoms with Crippen molar-refractivity contribution in [2.45, 2.75) is 58.7 Å². The summed E-state index contributed by atoms with van der Waals surface area (Å²) in [6, 6.07) is 0. The van der Waals surface area contributed by atoms with Gasteiger partial charge in [-0.15, -0.1) is 0 Å². The predicted molar refractivity (Wildman–Crippen MR) is 63.2 cm³/mol. The van der Waals surface area contributed by atoms with Crippen LogP contribution in [0.3, 0.4) is 0 Å². The molecule has 0 aromatic carbocycles.